The molecule has 0 bridgehead atoms. The monoisotopic (exact) mass is 1000 g/mol. The first-order valence-corrected chi connectivity index (χ1v) is 13.7. The van der Waals surface area contributed by atoms with E-state index in [4.69, 9.17) is 0 Å². The van der Waals surface area contributed by atoms with Crippen LogP contribution >= 0.6 is 136 Å². The van der Waals surface area contributed by atoms with Crippen molar-refractivity contribution in [2.24, 2.45) is 0 Å². The van der Waals surface area contributed by atoms with Gasteiger partial charge in [-0.25, -0.2) is 0 Å². The average molecular weight is 1000 g/mol. The molecule has 3 aromatic rings. The molecule has 128 valence electrons. The Kier molecular flexibility index (Phi) is 8.03. The number of hydrogen-bond donors (Lipinski definition) is 0. The van der Waals surface area contributed by atoms with Gasteiger partial charge in [-0.3, -0.25) is 0 Å². The van der Waals surface area contributed by atoms with E-state index < -0.39 is 0 Å². The summed E-state index contributed by atoms with van der Waals surface area (Å²) < 4.78 is 7.89. The van der Waals surface area contributed by atoms with Gasteiger partial charge < -0.3 is 0 Å². The largest absolute Gasteiger partial charge is 0.0605 e. The van der Waals surface area contributed by atoms with Gasteiger partial charge >= 0.3 is 0 Å². The van der Waals surface area contributed by atoms with Crippen LogP contribution in [-0.2, 0) is 0 Å². The first-order valence-electron chi connectivity index (χ1n) is 7.19. The van der Waals surface area contributed by atoms with Crippen molar-refractivity contribution in [2.75, 3.05) is 0 Å². The van der Waals surface area contributed by atoms with Crippen LogP contribution < -0.4 is 0 Å². The van der Waals surface area contributed by atoms with E-state index in [1.807, 2.05) is 0 Å². The third-order valence-electron chi connectivity index (χ3n) is 3.78. The van der Waals surface area contributed by atoms with Gasteiger partial charge in [-0.2, -0.15) is 0 Å². The van der Waals surface area contributed by atoms with Gasteiger partial charge in [0.1, 0.15) is 0 Å². The van der Waals surface area contributed by atoms with Crippen molar-refractivity contribution in [1.82, 2.24) is 0 Å². The molecule has 0 spiro atoms. The first kappa shape index (κ1) is 21.7. The SMILES string of the molecule is Cc1cc(I)c(-c2ccc(-c3cccc(I)c3I)c(I)c2I)c(I)c1. The highest BCUT2D eigenvalue weighted by molar-refractivity contribution is 14.1. The minimum Gasteiger partial charge on any atom is -0.0605 e. The van der Waals surface area contributed by atoms with Crippen LogP contribution in [-0.4, -0.2) is 0 Å². The van der Waals surface area contributed by atoms with E-state index >= 15 is 0 Å². The summed E-state index contributed by atoms with van der Waals surface area (Å²) in [5.41, 5.74) is 6.61. The van der Waals surface area contributed by atoms with E-state index in [9.17, 15) is 0 Å². The molecule has 0 unspecified atom stereocenters. The highest BCUT2D eigenvalue weighted by Gasteiger charge is 2.17. The topological polar surface area (TPSA) is 0 Å². The Morgan fingerprint density at radius 2 is 1.08 bits per heavy atom. The van der Waals surface area contributed by atoms with E-state index in [1.54, 1.807) is 0 Å². The minimum absolute atomic E-state index is 1.30. The highest BCUT2D eigenvalue weighted by atomic mass is 127. The summed E-state index contributed by atoms with van der Waals surface area (Å²) in [6.45, 7) is 2.16. The predicted octanol–water partition coefficient (Wildman–Crippen LogP) is 8.96. The Bertz CT molecular complexity index is 955. The Morgan fingerprint density at radius 1 is 0.560 bits per heavy atom. The molecule has 6 heteroatoms. The van der Waals surface area contributed by atoms with Gasteiger partial charge in [0, 0.05) is 27.0 Å². The van der Waals surface area contributed by atoms with Crippen molar-refractivity contribution in [2.45, 2.75) is 6.92 Å². The maximum atomic E-state index is 2.50. The van der Waals surface area contributed by atoms with E-state index in [0.29, 0.717) is 0 Å². The van der Waals surface area contributed by atoms with Crippen LogP contribution in [0.4, 0.5) is 0 Å². The Hall–Kier alpha value is 2.04. The van der Waals surface area contributed by atoms with Gasteiger partial charge in [-0.1, -0.05) is 24.3 Å². The number of rotatable bonds is 2. The molecule has 0 heterocycles. The molecule has 3 aromatic carbocycles. The van der Waals surface area contributed by atoms with E-state index in [0.717, 1.165) is 0 Å². The molecule has 0 aromatic heterocycles. The second-order valence-electron chi connectivity index (χ2n) is 5.49. The molecule has 0 radical (unpaired) electrons. The number of aryl methyl sites for hydroxylation is 1. The molecular formula is C19H10I6. The molecular weight excluding hydrogens is 990 g/mol. The van der Waals surface area contributed by atoms with Crippen molar-refractivity contribution in [3.63, 3.8) is 0 Å². The number of hydrogen-bond acceptors (Lipinski definition) is 0. The third-order valence-corrected chi connectivity index (χ3v) is 11.8. The fourth-order valence-electron chi connectivity index (χ4n) is 2.62. The molecule has 25 heavy (non-hydrogen) atoms. The van der Waals surface area contributed by atoms with Crippen LogP contribution in [0.25, 0.3) is 22.3 Å². The third kappa shape index (κ3) is 4.63. The minimum atomic E-state index is 1.30. The van der Waals surface area contributed by atoms with Gasteiger partial charge in [-0.05, 0) is 183 Å². The van der Waals surface area contributed by atoms with Crippen molar-refractivity contribution in [3.05, 3.63) is 69.4 Å². The fourth-order valence-corrected chi connectivity index (χ4v) is 7.93. The Labute approximate surface area is 229 Å². The van der Waals surface area contributed by atoms with E-state index in [2.05, 4.69) is 185 Å². The van der Waals surface area contributed by atoms with Crippen molar-refractivity contribution < 1.29 is 0 Å². The zero-order chi connectivity index (χ0) is 18.3. The van der Waals surface area contributed by atoms with Crippen LogP contribution in [0, 0.1) is 28.3 Å². The molecule has 0 atom stereocenters. The fraction of sp³-hybridized carbons (Fsp3) is 0.0526. The summed E-state index contributed by atoms with van der Waals surface area (Å²) >= 11 is 14.8. The summed E-state index contributed by atoms with van der Waals surface area (Å²) in [5, 5.41) is 0. The molecule has 0 amide bonds. The highest BCUT2D eigenvalue weighted by Crippen LogP contribution is 2.40. The lowest BCUT2D eigenvalue weighted by molar-refractivity contribution is 1.41. The normalized spacial score (nSPS) is 11.0. The Morgan fingerprint density at radius 3 is 1.72 bits per heavy atom. The molecule has 3 rings (SSSR count). The van der Waals surface area contributed by atoms with E-state index in [-0.39, 0.29) is 0 Å². The molecule has 0 fully saturated rings. The summed E-state index contributed by atoms with van der Waals surface area (Å²) in [6.07, 6.45) is 0. The van der Waals surface area contributed by atoms with Gasteiger partial charge in [0.05, 0.1) is 0 Å². The van der Waals surface area contributed by atoms with Crippen LogP contribution in [0.15, 0.2) is 42.5 Å². The van der Waals surface area contributed by atoms with Crippen molar-refractivity contribution >= 4 is 136 Å². The Balaban J connectivity index is 2.22. The summed E-state index contributed by atoms with van der Waals surface area (Å²) in [4.78, 5) is 0. The lowest BCUT2D eigenvalue weighted by atomic mass is 10.00. The summed E-state index contributed by atoms with van der Waals surface area (Å²) in [5.74, 6) is 0. The standard InChI is InChI=1S/C19H10I6/c1-9-7-14(21)16(15(22)8-9)12-6-5-11(18(24)19(12)25)10-3-2-4-13(20)17(10)23/h2-8H,1H3. The first-order chi connectivity index (χ1) is 11.8. The van der Waals surface area contributed by atoms with Crippen molar-refractivity contribution in [1.29, 1.82) is 0 Å². The number of benzene rings is 3. The van der Waals surface area contributed by atoms with Crippen molar-refractivity contribution in [3.8, 4) is 22.3 Å². The van der Waals surface area contributed by atoms with Crippen LogP contribution in [0.1, 0.15) is 5.56 Å². The number of halogens is 6. The van der Waals surface area contributed by atoms with E-state index in [1.165, 1.54) is 49.2 Å². The zero-order valence-electron chi connectivity index (χ0n) is 12.8. The van der Waals surface area contributed by atoms with Gasteiger partial charge in [0.15, 0.2) is 0 Å². The van der Waals surface area contributed by atoms with Gasteiger partial charge in [0.25, 0.3) is 0 Å². The lowest BCUT2D eigenvalue weighted by Crippen LogP contribution is -1.97. The molecule has 0 aliphatic rings. The second kappa shape index (κ2) is 9.24. The van der Waals surface area contributed by atoms with Gasteiger partial charge in [0.2, 0.25) is 0 Å². The average Bonchev–Trinajstić information content (AvgIpc) is 2.54. The molecule has 0 saturated carbocycles. The lowest BCUT2D eigenvalue weighted by Gasteiger charge is -2.16. The molecule has 0 aliphatic heterocycles. The zero-order valence-corrected chi connectivity index (χ0v) is 25.8. The van der Waals surface area contributed by atoms with Crippen LogP contribution in [0.2, 0.25) is 0 Å². The molecule has 0 N–H and O–H groups in total. The maximum absolute atomic E-state index is 2.50. The molecule has 0 saturated heterocycles. The smallest absolute Gasteiger partial charge is 0.0349 e. The summed E-state index contributed by atoms with van der Waals surface area (Å²) in [7, 11) is 0. The molecule has 0 aliphatic carbocycles. The van der Waals surface area contributed by atoms with Crippen LogP contribution in [0.3, 0.4) is 0 Å². The predicted molar refractivity (Wildman–Crippen MR) is 158 cm³/mol. The molecule has 0 nitrogen and oxygen atoms in total. The van der Waals surface area contributed by atoms with Crippen LogP contribution in [0.5, 0.6) is 0 Å². The summed E-state index contributed by atoms with van der Waals surface area (Å²) in [6, 6.07) is 15.6. The second-order valence-corrected chi connectivity index (χ2v) is 12.2. The van der Waals surface area contributed by atoms with Gasteiger partial charge in [-0.15, -0.1) is 0 Å². The quantitative estimate of drug-likeness (QED) is 0.225. The maximum Gasteiger partial charge on any atom is 0.0349 e.